The number of benzene rings is 1. The molecule has 0 bridgehead atoms. The maximum Gasteiger partial charge on any atom is 0.264 e. The van der Waals surface area contributed by atoms with Gasteiger partial charge in [0.15, 0.2) is 5.82 Å². The number of rotatable bonds is 5. The number of nitrogens with one attached hydrogen (secondary N) is 1. The van der Waals surface area contributed by atoms with E-state index in [-0.39, 0.29) is 11.6 Å². The van der Waals surface area contributed by atoms with Crippen molar-refractivity contribution in [3.8, 4) is 17.0 Å². The lowest BCUT2D eigenvalue weighted by molar-refractivity contribution is 0.151. The topological polar surface area (TPSA) is 63.2 Å². The van der Waals surface area contributed by atoms with Gasteiger partial charge in [-0.25, -0.2) is 8.78 Å². The molecule has 8 heteroatoms. The average Bonchev–Trinajstić information content (AvgIpc) is 2.73. The molecule has 0 saturated carbocycles. The summed E-state index contributed by atoms with van der Waals surface area (Å²) in [6, 6.07) is 6.65. The molecule has 2 aromatic heterocycles. The lowest BCUT2D eigenvalue weighted by Gasteiger charge is -2.30. The van der Waals surface area contributed by atoms with Crippen molar-refractivity contribution >= 4 is 16.6 Å². The smallest absolute Gasteiger partial charge is 0.264 e. The van der Waals surface area contributed by atoms with Crippen LogP contribution in [-0.4, -0.2) is 53.4 Å². The fraction of sp³-hybridized carbons (Fsp3) is 0.381. The van der Waals surface area contributed by atoms with Gasteiger partial charge < -0.3 is 15.0 Å². The molecule has 1 aliphatic rings. The Labute approximate surface area is 167 Å². The van der Waals surface area contributed by atoms with Crippen molar-refractivity contribution < 1.29 is 13.5 Å². The molecular formula is C21H23F2N5O. The third kappa shape index (κ3) is 3.98. The molecule has 1 aliphatic heterocycles. The Morgan fingerprint density at radius 3 is 2.83 bits per heavy atom. The van der Waals surface area contributed by atoms with E-state index in [9.17, 15) is 8.78 Å². The number of likely N-dealkylation sites (N-methyl/N-ethyl adjacent to an activating group) is 1. The normalized spacial score (nSPS) is 17.6. The molecule has 152 valence electrons. The molecular weight excluding hydrogens is 376 g/mol. The maximum atomic E-state index is 13.7. The molecule has 1 N–H and O–H groups in total. The number of anilines is 1. The summed E-state index contributed by atoms with van der Waals surface area (Å²) in [6.07, 6.45) is 2.84. The SMILES string of the molecule is COc1ccc(-c2nnc(N[C@@H]3CCCN(C)C3)c3cnccc23)c(C(F)F)c1. The van der Waals surface area contributed by atoms with Crippen molar-refractivity contribution in [3.05, 3.63) is 42.2 Å². The first-order valence-electron chi connectivity index (χ1n) is 9.58. The van der Waals surface area contributed by atoms with Crippen LogP contribution in [-0.2, 0) is 0 Å². The lowest BCUT2D eigenvalue weighted by atomic mass is 10.00. The van der Waals surface area contributed by atoms with E-state index in [0.29, 0.717) is 22.8 Å². The first-order valence-corrected chi connectivity index (χ1v) is 9.58. The third-order valence-corrected chi connectivity index (χ3v) is 5.30. The van der Waals surface area contributed by atoms with Gasteiger partial charge in [0.1, 0.15) is 11.4 Å². The minimum absolute atomic E-state index is 0.133. The van der Waals surface area contributed by atoms with E-state index in [2.05, 4.69) is 32.4 Å². The molecule has 0 spiro atoms. The second-order valence-electron chi connectivity index (χ2n) is 7.32. The highest BCUT2D eigenvalue weighted by Crippen LogP contribution is 2.37. The van der Waals surface area contributed by atoms with Gasteiger partial charge in [0.25, 0.3) is 6.43 Å². The molecule has 1 aromatic carbocycles. The fourth-order valence-electron chi connectivity index (χ4n) is 3.84. The van der Waals surface area contributed by atoms with Crippen LogP contribution in [0.2, 0.25) is 0 Å². The molecule has 3 aromatic rings. The summed E-state index contributed by atoms with van der Waals surface area (Å²) in [5.41, 5.74) is 0.617. The molecule has 0 amide bonds. The van der Waals surface area contributed by atoms with Crippen LogP contribution in [0.15, 0.2) is 36.7 Å². The summed E-state index contributed by atoms with van der Waals surface area (Å²) in [7, 11) is 3.55. The predicted molar refractivity (Wildman–Crippen MR) is 108 cm³/mol. The van der Waals surface area contributed by atoms with Gasteiger partial charge in [-0.15, -0.1) is 10.2 Å². The number of hydrogen-bond acceptors (Lipinski definition) is 6. The molecule has 4 rings (SSSR count). The first-order chi connectivity index (χ1) is 14.1. The zero-order chi connectivity index (χ0) is 20.4. The molecule has 1 saturated heterocycles. The van der Waals surface area contributed by atoms with Crippen molar-refractivity contribution in [1.29, 1.82) is 0 Å². The van der Waals surface area contributed by atoms with Gasteiger partial charge in [-0.05, 0) is 50.7 Å². The number of nitrogens with zero attached hydrogens (tertiary/aromatic N) is 4. The Kier molecular flexibility index (Phi) is 5.53. The fourth-order valence-corrected chi connectivity index (χ4v) is 3.84. The van der Waals surface area contributed by atoms with Crippen LogP contribution in [0.25, 0.3) is 22.0 Å². The van der Waals surface area contributed by atoms with Crippen LogP contribution >= 0.6 is 0 Å². The van der Waals surface area contributed by atoms with Crippen LogP contribution in [0.3, 0.4) is 0 Å². The molecule has 1 fully saturated rings. The summed E-state index contributed by atoms with van der Waals surface area (Å²) in [6.45, 7) is 2.00. The zero-order valence-electron chi connectivity index (χ0n) is 16.4. The first kappa shape index (κ1) is 19.4. The van der Waals surface area contributed by atoms with Crippen molar-refractivity contribution in [1.82, 2.24) is 20.1 Å². The molecule has 0 radical (unpaired) electrons. The highest BCUT2D eigenvalue weighted by atomic mass is 19.3. The maximum absolute atomic E-state index is 13.7. The van der Waals surface area contributed by atoms with E-state index >= 15 is 0 Å². The van der Waals surface area contributed by atoms with Crippen LogP contribution in [0, 0.1) is 0 Å². The van der Waals surface area contributed by atoms with Gasteiger partial charge in [0.2, 0.25) is 0 Å². The number of likely N-dealkylation sites (tertiary alicyclic amines) is 1. The Morgan fingerprint density at radius 2 is 2.07 bits per heavy atom. The second kappa shape index (κ2) is 8.24. The van der Waals surface area contributed by atoms with Gasteiger partial charge >= 0.3 is 0 Å². The number of alkyl halides is 2. The summed E-state index contributed by atoms with van der Waals surface area (Å²) in [4.78, 5) is 6.49. The van der Waals surface area contributed by atoms with Gasteiger partial charge in [-0.2, -0.15) is 0 Å². The van der Waals surface area contributed by atoms with Gasteiger partial charge in [0, 0.05) is 46.9 Å². The van der Waals surface area contributed by atoms with Crippen molar-refractivity contribution in [3.63, 3.8) is 0 Å². The van der Waals surface area contributed by atoms with E-state index in [1.165, 1.54) is 13.2 Å². The highest BCUT2D eigenvalue weighted by molar-refractivity contribution is 6.00. The Balaban J connectivity index is 1.78. The minimum atomic E-state index is -2.66. The summed E-state index contributed by atoms with van der Waals surface area (Å²) in [5.74, 6) is 1.01. The van der Waals surface area contributed by atoms with Gasteiger partial charge in [0.05, 0.1) is 7.11 Å². The second-order valence-corrected chi connectivity index (χ2v) is 7.32. The molecule has 1 atom stereocenters. The number of ether oxygens (including phenoxy) is 1. The average molecular weight is 399 g/mol. The van der Waals surface area contributed by atoms with Gasteiger partial charge in [-0.3, -0.25) is 4.98 Å². The standard InChI is InChI=1S/C21H23F2N5O/c1-28-9-3-4-13(12-28)25-21-18-11-24-8-7-16(18)19(26-27-21)15-6-5-14(29-2)10-17(15)20(22)23/h5-8,10-11,13,20H,3-4,9,12H2,1-2H3,(H,25,27)/t13-/m1/s1. The Morgan fingerprint density at radius 1 is 1.21 bits per heavy atom. The zero-order valence-corrected chi connectivity index (χ0v) is 16.4. The van der Waals surface area contributed by atoms with Crippen LogP contribution < -0.4 is 10.1 Å². The number of halogens is 2. The van der Waals surface area contributed by atoms with E-state index in [1.807, 2.05) is 0 Å². The summed E-state index contributed by atoms with van der Waals surface area (Å²) in [5, 5.41) is 13.6. The number of pyridine rings is 1. The number of fused-ring (bicyclic) bond motifs is 1. The van der Waals surface area contributed by atoms with Crippen molar-refractivity contribution in [2.75, 3.05) is 32.6 Å². The molecule has 29 heavy (non-hydrogen) atoms. The van der Waals surface area contributed by atoms with Crippen LogP contribution in [0.1, 0.15) is 24.8 Å². The number of aromatic nitrogens is 3. The van der Waals surface area contributed by atoms with Crippen molar-refractivity contribution in [2.24, 2.45) is 0 Å². The third-order valence-electron chi connectivity index (χ3n) is 5.30. The molecule has 0 unspecified atom stereocenters. The largest absolute Gasteiger partial charge is 0.497 e. The van der Waals surface area contributed by atoms with E-state index in [0.717, 1.165) is 36.7 Å². The Bertz CT molecular complexity index is 1010. The van der Waals surface area contributed by atoms with E-state index in [4.69, 9.17) is 4.74 Å². The van der Waals surface area contributed by atoms with Gasteiger partial charge in [-0.1, -0.05) is 0 Å². The number of piperidine rings is 1. The molecule has 0 aliphatic carbocycles. The van der Waals surface area contributed by atoms with E-state index < -0.39 is 6.43 Å². The van der Waals surface area contributed by atoms with Crippen LogP contribution in [0.4, 0.5) is 14.6 Å². The molecule has 3 heterocycles. The number of hydrogen-bond donors (Lipinski definition) is 1. The highest BCUT2D eigenvalue weighted by Gasteiger charge is 2.22. The van der Waals surface area contributed by atoms with Crippen LogP contribution in [0.5, 0.6) is 5.75 Å². The number of methoxy groups -OCH3 is 1. The van der Waals surface area contributed by atoms with Crippen molar-refractivity contribution in [2.45, 2.75) is 25.3 Å². The quantitative estimate of drug-likeness (QED) is 0.696. The molecule has 6 nitrogen and oxygen atoms in total. The summed E-state index contributed by atoms with van der Waals surface area (Å²) >= 11 is 0. The van der Waals surface area contributed by atoms with E-state index in [1.54, 1.807) is 30.6 Å². The predicted octanol–water partition coefficient (Wildman–Crippen LogP) is 4.14. The Hall–Kier alpha value is -2.87. The monoisotopic (exact) mass is 399 g/mol. The summed E-state index contributed by atoms with van der Waals surface area (Å²) < 4.78 is 32.5. The lowest BCUT2D eigenvalue weighted by Crippen LogP contribution is -2.40. The minimum Gasteiger partial charge on any atom is -0.497 e.